The number of hydrogen-bond acceptors (Lipinski definition) is 7. The number of esters is 2. The van der Waals surface area contributed by atoms with Crippen molar-refractivity contribution in [3.8, 4) is 11.5 Å². The number of rotatable bonds is 9. The van der Waals surface area contributed by atoms with Crippen LogP contribution in [0.2, 0.25) is 0 Å². The predicted molar refractivity (Wildman–Crippen MR) is 110 cm³/mol. The van der Waals surface area contributed by atoms with Crippen molar-refractivity contribution in [1.29, 1.82) is 0 Å². The van der Waals surface area contributed by atoms with E-state index in [9.17, 15) is 24.3 Å². The standard InChI is InChI=1S/C22H24N2O7/c1-13(25)30-19-9-8-16(12-20(19)31-14(2)26)10-17(23)21(27)24-18(22(28)29)11-15-6-4-3-5-7-15/h3-9,12,17-18H,10-11,23H2,1-2H3,(H,24,27)(H,28,29)/t17-,18-/m0/s1. The van der Waals surface area contributed by atoms with Crippen molar-refractivity contribution < 1.29 is 33.8 Å². The molecule has 0 spiro atoms. The van der Waals surface area contributed by atoms with Gasteiger partial charge in [0.05, 0.1) is 6.04 Å². The quantitative estimate of drug-likeness (QED) is 0.399. The first-order valence-electron chi connectivity index (χ1n) is 9.48. The second-order valence-electron chi connectivity index (χ2n) is 6.87. The molecule has 0 aromatic heterocycles. The molecule has 9 heteroatoms. The molecule has 4 N–H and O–H groups in total. The smallest absolute Gasteiger partial charge is 0.326 e. The van der Waals surface area contributed by atoms with Gasteiger partial charge in [0.2, 0.25) is 5.91 Å². The maximum absolute atomic E-state index is 12.5. The number of nitrogens with two attached hydrogens (primary N) is 1. The Hall–Kier alpha value is -3.72. The zero-order valence-electron chi connectivity index (χ0n) is 17.2. The summed E-state index contributed by atoms with van der Waals surface area (Å²) in [4.78, 5) is 46.6. The van der Waals surface area contributed by atoms with Crippen molar-refractivity contribution in [2.45, 2.75) is 38.8 Å². The number of carboxylic acids is 1. The minimum atomic E-state index is -1.17. The molecular weight excluding hydrogens is 404 g/mol. The van der Waals surface area contributed by atoms with Gasteiger partial charge in [0.15, 0.2) is 11.5 Å². The van der Waals surface area contributed by atoms with Gasteiger partial charge in [0.1, 0.15) is 6.04 Å². The molecule has 0 unspecified atom stereocenters. The number of carbonyl (C=O) groups excluding carboxylic acids is 3. The Bertz CT molecular complexity index is 960. The van der Waals surface area contributed by atoms with Crippen LogP contribution in [0.1, 0.15) is 25.0 Å². The fourth-order valence-corrected chi connectivity index (χ4v) is 2.83. The first-order valence-corrected chi connectivity index (χ1v) is 9.48. The van der Waals surface area contributed by atoms with Gasteiger partial charge in [0.25, 0.3) is 0 Å². The van der Waals surface area contributed by atoms with Crippen molar-refractivity contribution in [2.24, 2.45) is 5.73 Å². The molecule has 0 bridgehead atoms. The highest BCUT2D eigenvalue weighted by molar-refractivity contribution is 5.87. The van der Waals surface area contributed by atoms with E-state index in [1.807, 2.05) is 6.07 Å². The number of nitrogens with one attached hydrogen (secondary N) is 1. The van der Waals surface area contributed by atoms with Gasteiger partial charge in [-0.3, -0.25) is 14.4 Å². The third-order valence-electron chi connectivity index (χ3n) is 4.21. The number of hydrogen-bond donors (Lipinski definition) is 3. The Morgan fingerprint density at radius 2 is 1.52 bits per heavy atom. The molecule has 0 saturated heterocycles. The van der Waals surface area contributed by atoms with Crippen molar-refractivity contribution >= 4 is 23.8 Å². The number of ether oxygens (including phenoxy) is 2. The van der Waals surface area contributed by atoms with Crippen LogP contribution in [0, 0.1) is 0 Å². The molecule has 0 heterocycles. The maximum atomic E-state index is 12.5. The van der Waals surface area contributed by atoms with E-state index in [1.54, 1.807) is 30.3 Å². The lowest BCUT2D eigenvalue weighted by molar-refractivity contribution is -0.142. The summed E-state index contributed by atoms with van der Waals surface area (Å²) < 4.78 is 10.1. The molecule has 2 rings (SSSR count). The average molecular weight is 428 g/mol. The highest BCUT2D eigenvalue weighted by atomic mass is 16.6. The molecule has 1 amide bonds. The lowest BCUT2D eigenvalue weighted by Gasteiger charge is -2.18. The van der Waals surface area contributed by atoms with E-state index in [4.69, 9.17) is 15.2 Å². The summed E-state index contributed by atoms with van der Waals surface area (Å²) in [5.41, 5.74) is 7.26. The molecule has 9 nitrogen and oxygen atoms in total. The van der Waals surface area contributed by atoms with Gasteiger partial charge in [0, 0.05) is 20.3 Å². The maximum Gasteiger partial charge on any atom is 0.326 e. The predicted octanol–water partition coefficient (Wildman–Crippen LogP) is 1.22. The molecule has 2 aromatic carbocycles. The van der Waals surface area contributed by atoms with E-state index in [1.165, 1.54) is 26.0 Å². The summed E-state index contributed by atoms with van der Waals surface area (Å²) in [6.07, 6.45) is 0.153. The molecule has 164 valence electrons. The third-order valence-corrected chi connectivity index (χ3v) is 4.21. The van der Waals surface area contributed by atoms with Crippen LogP contribution < -0.4 is 20.5 Å². The van der Waals surface area contributed by atoms with E-state index >= 15 is 0 Å². The molecule has 0 aliphatic rings. The lowest BCUT2D eigenvalue weighted by Crippen LogP contribution is -2.50. The minimum Gasteiger partial charge on any atom is -0.480 e. The summed E-state index contributed by atoms with van der Waals surface area (Å²) in [6.45, 7) is 2.40. The molecular formula is C22H24N2O7. The number of aliphatic carboxylic acids is 1. The first kappa shape index (κ1) is 23.6. The number of benzene rings is 2. The Balaban J connectivity index is 2.09. The van der Waals surface area contributed by atoms with Gasteiger partial charge in [-0.15, -0.1) is 0 Å². The van der Waals surface area contributed by atoms with E-state index in [-0.39, 0.29) is 24.3 Å². The molecule has 0 radical (unpaired) electrons. The van der Waals surface area contributed by atoms with Crippen molar-refractivity contribution in [2.75, 3.05) is 0 Å². The average Bonchev–Trinajstić information content (AvgIpc) is 2.69. The Morgan fingerprint density at radius 1 is 0.903 bits per heavy atom. The molecule has 2 atom stereocenters. The van der Waals surface area contributed by atoms with Crippen LogP contribution in [0.4, 0.5) is 0 Å². The van der Waals surface area contributed by atoms with Gasteiger partial charge in [-0.05, 0) is 29.7 Å². The van der Waals surface area contributed by atoms with Gasteiger partial charge < -0.3 is 25.6 Å². The van der Waals surface area contributed by atoms with Gasteiger partial charge in [-0.25, -0.2) is 4.79 Å². The zero-order chi connectivity index (χ0) is 23.0. The second kappa shape index (κ2) is 10.9. The van der Waals surface area contributed by atoms with Crippen LogP contribution in [-0.2, 0) is 32.0 Å². The van der Waals surface area contributed by atoms with E-state index < -0.39 is 35.9 Å². The van der Waals surface area contributed by atoms with Crippen molar-refractivity contribution in [1.82, 2.24) is 5.32 Å². The number of carboxylic acid groups (broad SMARTS) is 1. The molecule has 2 aromatic rings. The van der Waals surface area contributed by atoms with Gasteiger partial charge >= 0.3 is 17.9 Å². The SMILES string of the molecule is CC(=O)Oc1ccc(C[C@H](N)C(=O)N[C@@H](Cc2ccccc2)C(=O)O)cc1OC(C)=O. The Kier molecular flexibility index (Phi) is 8.27. The van der Waals surface area contributed by atoms with E-state index in [2.05, 4.69) is 5.32 Å². The van der Waals surface area contributed by atoms with Crippen LogP contribution in [-0.4, -0.2) is 41.0 Å². The van der Waals surface area contributed by atoms with E-state index in [0.29, 0.717) is 5.56 Å². The van der Waals surface area contributed by atoms with Crippen LogP contribution in [0.5, 0.6) is 11.5 Å². The number of amides is 1. The molecule has 0 aliphatic heterocycles. The summed E-state index contributed by atoms with van der Waals surface area (Å²) in [6, 6.07) is 11.1. The van der Waals surface area contributed by atoms with Gasteiger partial charge in [-0.2, -0.15) is 0 Å². The zero-order valence-corrected chi connectivity index (χ0v) is 17.2. The summed E-state index contributed by atoms with van der Waals surface area (Å²) in [7, 11) is 0. The van der Waals surface area contributed by atoms with Gasteiger partial charge in [-0.1, -0.05) is 36.4 Å². The molecule has 0 saturated carbocycles. The largest absolute Gasteiger partial charge is 0.480 e. The fourth-order valence-electron chi connectivity index (χ4n) is 2.83. The van der Waals surface area contributed by atoms with E-state index in [0.717, 1.165) is 5.56 Å². The van der Waals surface area contributed by atoms with Crippen molar-refractivity contribution in [3.63, 3.8) is 0 Å². The lowest BCUT2D eigenvalue weighted by atomic mass is 10.0. The van der Waals surface area contributed by atoms with Crippen molar-refractivity contribution in [3.05, 3.63) is 59.7 Å². The van der Waals surface area contributed by atoms with Crippen LogP contribution in [0.25, 0.3) is 0 Å². The number of carbonyl (C=O) groups is 4. The second-order valence-corrected chi connectivity index (χ2v) is 6.87. The molecule has 0 aliphatic carbocycles. The monoisotopic (exact) mass is 428 g/mol. The highest BCUT2D eigenvalue weighted by Gasteiger charge is 2.24. The van der Waals surface area contributed by atoms with Crippen LogP contribution in [0.15, 0.2) is 48.5 Å². The highest BCUT2D eigenvalue weighted by Crippen LogP contribution is 2.29. The minimum absolute atomic E-state index is 0.0142. The molecule has 31 heavy (non-hydrogen) atoms. The van der Waals surface area contributed by atoms with Crippen LogP contribution >= 0.6 is 0 Å². The Labute approximate surface area is 179 Å². The van der Waals surface area contributed by atoms with Crippen LogP contribution in [0.3, 0.4) is 0 Å². The fraction of sp³-hybridized carbons (Fsp3) is 0.273. The normalized spacial score (nSPS) is 12.4. The Morgan fingerprint density at radius 3 is 2.10 bits per heavy atom. The summed E-state index contributed by atoms with van der Waals surface area (Å²) in [5.74, 6) is -2.94. The topological polar surface area (TPSA) is 145 Å². The summed E-state index contributed by atoms with van der Waals surface area (Å²) in [5, 5.41) is 11.9. The first-order chi connectivity index (χ1) is 14.7. The third kappa shape index (κ3) is 7.56. The summed E-state index contributed by atoms with van der Waals surface area (Å²) >= 11 is 0. The molecule has 0 fully saturated rings.